The van der Waals surface area contributed by atoms with Crippen LogP contribution in [0.5, 0.6) is 40.2 Å². The maximum absolute atomic E-state index is 9.86. The molecule has 15 atom stereocenters. The van der Waals surface area contributed by atoms with Gasteiger partial charge in [0.2, 0.25) is 0 Å². The van der Waals surface area contributed by atoms with Gasteiger partial charge in [0.15, 0.2) is 0 Å². The second-order valence-corrected chi connectivity index (χ2v) is 40.3. The summed E-state index contributed by atoms with van der Waals surface area (Å²) in [5.41, 5.74) is 16.5. The molecule has 10 aromatic carbocycles. The molecule has 0 bridgehead atoms. The third-order valence-electron chi connectivity index (χ3n) is 28.3. The molecule has 0 amide bonds. The van der Waals surface area contributed by atoms with Crippen molar-refractivity contribution < 1.29 is 33.9 Å². The van der Waals surface area contributed by atoms with Crippen molar-refractivity contribution in [2.24, 2.45) is 59.2 Å². The summed E-state index contributed by atoms with van der Waals surface area (Å²) in [5, 5.41) is 33.8. The summed E-state index contributed by atoms with van der Waals surface area (Å²) in [7, 11) is 2.25. The zero-order valence-corrected chi connectivity index (χ0v) is 82.4. The van der Waals surface area contributed by atoms with Crippen LogP contribution in [0.2, 0.25) is 0 Å². The number of aryl methyl sites for hydroxylation is 8. The number of rotatable bonds is 35. The summed E-state index contributed by atoms with van der Waals surface area (Å²) in [6.07, 6.45) is 26.4. The van der Waals surface area contributed by atoms with E-state index in [0.717, 1.165) is 142 Å². The van der Waals surface area contributed by atoms with E-state index in [0.29, 0.717) is 90.0 Å². The van der Waals surface area contributed by atoms with Gasteiger partial charge in [0, 0.05) is 44.8 Å². The molecule has 5 aliphatic carbocycles. The Hall–Kier alpha value is -9.40. The molecule has 15 unspecified atom stereocenters. The van der Waals surface area contributed by atoms with E-state index in [2.05, 4.69) is 317 Å². The van der Waals surface area contributed by atoms with Crippen LogP contribution in [-0.2, 0) is 32.7 Å². The van der Waals surface area contributed by atoms with Gasteiger partial charge in [0.05, 0.1) is 30.5 Å². The number of phenolic OH excluding ortho intramolecular Hbond substituents is 2. The average molecular weight is 1780 g/mol. The monoisotopic (exact) mass is 1770 g/mol. The Morgan fingerprint density at radius 2 is 0.565 bits per heavy atom. The van der Waals surface area contributed by atoms with E-state index in [1.807, 2.05) is 36.4 Å². The fourth-order valence-corrected chi connectivity index (χ4v) is 20.3. The van der Waals surface area contributed by atoms with E-state index >= 15 is 0 Å². The van der Waals surface area contributed by atoms with Crippen LogP contribution in [0.1, 0.15) is 235 Å². The van der Waals surface area contributed by atoms with Gasteiger partial charge in [0.25, 0.3) is 0 Å². The highest BCUT2D eigenvalue weighted by molar-refractivity contribution is 5.35. The second-order valence-electron chi connectivity index (χ2n) is 40.3. The molecular formula is C119H163N5O7. The number of nitrogens with zero attached hydrogens (tertiary/aromatic N) is 1. The van der Waals surface area contributed by atoms with Crippen LogP contribution in [0.25, 0.3) is 0 Å². The first kappa shape index (κ1) is 102. The Bertz CT molecular complexity index is 4760. The number of ether oxygens (including phenoxy) is 5. The number of phenols is 2. The van der Waals surface area contributed by atoms with Crippen LogP contribution in [0.15, 0.2) is 243 Å². The van der Waals surface area contributed by atoms with E-state index < -0.39 is 0 Å². The van der Waals surface area contributed by atoms with Crippen LogP contribution in [0.4, 0.5) is 0 Å². The number of aromatic hydroxyl groups is 2. The maximum Gasteiger partial charge on any atom is 0.120 e. The second kappa shape index (κ2) is 54.7. The Kier molecular flexibility index (Phi) is 42.6. The highest BCUT2D eigenvalue weighted by Crippen LogP contribution is 2.39. The molecule has 12 heteroatoms. The lowest BCUT2D eigenvalue weighted by Gasteiger charge is -2.35. The zero-order valence-electron chi connectivity index (χ0n) is 82.4. The van der Waals surface area contributed by atoms with Gasteiger partial charge >= 0.3 is 0 Å². The largest absolute Gasteiger partial charge is 0.508 e. The van der Waals surface area contributed by atoms with Crippen molar-refractivity contribution in [3.05, 3.63) is 315 Å². The number of benzene rings is 10. The van der Waals surface area contributed by atoms with Crippen molar-refractivity contribution in [3.8, 4) is 40.2 Å². The minimum absolute atomic E-state index is 0.330. The molecule has 0 saturated heterocycles. The highest BCUT2D eigenvalue weighted by atomic mass is 16.5. The van der Waals surface area contributed by atoms with Gasteiger partial charge in [-0.3, -0.25) is 0 Å². The zero-order chi connectivity index (χ0) is 92.6. The molecule has 5 saturated carbocycles. The topological polar surface area (TPSA) is 138 Å². The van der Waals surface area contributed by atoms with Gasteiger partial charge in [-0.1, -0.05) is 215 Å². The van der Waals surface area contributed by atoms with E-state index in [-0.39, 0.29) is 0 Å². The fraction of sp³-hybridized carbons (Fsp3) is 0.496. The Morgan fingerprint density at radius 3 is 0.870 bits per heavy atom. The van der Waals surface area contributed by atoms with Crippen LogP contribution in [0.3, 0.4) is 0 Å². The lowest BCUT2D eigenvalue weighted by atomic mass is 9.79. The van der Waals surface area contributed by atoms with Gasteiger partial charge in [-0.25, -0.2) is 0 Å². The van der Waals surface area contributed by atoms with Crippen molar-refractivity contribution in [1.29, 1.82) is 0 Å². The molecule has 0 aliphatic heterocycles. The summed E-state index contributed by atoms with van der Waals surface area (Å²) >= 11 is 0. The molecule has 0 heterocycles. The predicted octanol–water partition coefficient (Wildman–Crippen LogP) is 27.5. The van der Waals surface area contributed by atoms with E-state index in [1.54, 1.807) is 12.1 Å². The molecule has 15 rings (SSSR count). The average Bonchev–Trinajstić information content (AvgIpc) is 0.866. The molecule has 131 heavy (non-hydrogen) atoms. The molecule has 706 valence electrons. The number of hydrogen-bond donors (Lipinski definition) is 6. The SMILES string of the molecule is Cc1ccc(CN(C)CC(C)C2CCCC(Oc3cccc(C)c3)C2)cc1.Cc1ccc(CNCC(C)C2CCCC(Oc3cccc(C)c3)C2)cc1.Cc1ccc(CNCC(C)C2CCCC(Oc3cccc(C)c3)C2)cc1.Cc1cccc(OC2CCCC(C(C)CNCc3cccc(O)c3)C2)c1.Cc1cccc(OC2CCCC(C(C)CNCc3ccccc3O)C2)c1. The molecule has 0 radical (unpaired) electrons. The molecule has 10 aromatic rings. The van der Waals surface area contributed by atoms with Crippen molar-refractivity contribution in [2.75, 3.05) is 39.8 Å². The van der Waals surface area contributed by atoms with E-state index in [9.17, 15) is 10.2 Å². The summed E-state index contributed by atoms with van der Waals surface area (Å²) in [4.78, 5) is 2.47. The Morgan fingerprint density at radius 1 is 0.282 bits per heavy atom. The third-order valence-corrected chi connectivity index (χ3v) is 28.3. The predicted molar refractivity (Wildman–Crippen MR) is 546 cm³/mol. The first-order valence-electron chi connectivity index (χ1n) is 50.3. The maximum atomic E-state index is 9.86. The first-order valence-corrected chi connectivity index (χ1v) is 50.3. The normalized spacial score (nSPS) is 21.3. The molecular weight excluding hydrogens is 1610 g/mol. The smallest absolute Gasteiger partial charge is 0.120 e. The number of para-hydroxylation sites is 1. The molecule has 0 spiro atoms. The van der Waals surface area contributed by atoms with Crippen molar-refractivity contribution in [2.45, 2.75) is 282 Å². The third kappa shape index (κ3) is 37.2. The van der Waals surface area contributed by atoms with Crippen molar-refractivity contribution in [3.63, 3.8) is 0 Å². The quantitative estimate of drug-likeness (QED) is 0.0226. The summed E-state index contributed by atoms with van der Waals surface area (Å²) in [6, 6.07) is 83.7. The van der Waals surface area contributed by atoms with Crippen LogP contribution < -0.4 is 45.0 Å². The first-order chi connectivity index (χ1) is 63.4. The van der Waals surface area contributed by atoms with Gasteiger partial charge in [-0.05, 0) is 405 Å². The van der Waals surface area contributed by atoms with Gasteiger partial charge < -0.3 is 60.1 Å². The van der Waals surface area contributed by atoms with Gasteiger partial charge in [-0.2, -0.15) is 0 Å². The van der Waals surface area contributed by atoms with Crippen molar-refractivity contribution >= 4 is 0 Å². The minimum Gasteiger partial charge on any atom is -0.508 e. The molecule has 5 aliphatic rings. The molecule has 6 N–H and O–H groups in total. The van der Waals surface area contributed by atoms with Crippen LogP contribution >= 0.6 is 0 Å². The highest BCUT2D eigenvalue weighted by Gasteiger charge is 2.33. The van der Waals surface area contributed by atoms with Crippen LogP contribution in [-0.4, -0.2) is 85.4 Å². The fourth-order valence-electron chi connectivity index (χ4n) is 20.3. The Balaban J connectivity index is 0.000000158. The van der Waals surface area contributed by atoms with E-state index in [4.69, 9.17) is 23.7 Å². The number of hydrogen-bond acceptors (Lipinski definition) is 12. The van der Waals surface area contributed by atoms with Gasteiger partial charge in [0.1, 0.15) is 40.2 Å². The Labute approximate surface area is 791 Å². The molecule has 5 fully saturated rings. The summed E-state index contributed by atoms with van der Waals surface area (Å²) < 4.78 is 31.4. The molecule has 12 nitrogen and oxygen atoms in total. The summed E-state index contributed by atoms with van der Waals surface area (Å²) in [5.74, 6) is 12.8. The van der Waals surface area contributed by atoms with Gasteiger partial charge in [-0.15, -0.1) is 0 Å². The van der Waals surface area contributed by atoms with Crippen LogP contribution in [0, 0.1) is 115 Å². The van der Waals surface area contributed by atoms with Crippen molar-refractivity contribution in [1.82, 2.24) is 26.2 Å². The number of nitrogens with one attached hydrogen (secondary N) is 4. The van der Waals surface area contributed by atoms with E-state index in [1.165, 1.54) is 164 Å². The lowest BCUT2D eigenvalue weighted by Crippen LogP contribution is -2.33. The lowest BCUT2D eigenvalue weighted by molar-refractivity contribution is 0.0913. The molecule has 0 aromatic heterocycles. The standard InChI is InChI=1S/C25H35NO.2C24H33NO.2C23H31NO2/c1-19-11-13-22(14-12-19)18-26(4)17-21(3)23-8-6-10-25(16-23)27-24-9-5-7-20(2)15-24;2*1-18-10-12-21(13-11-18)17-25-16-20(3)22-7-5-9-24(15-22)26-23-8-4-6-19(2)14-23;1-17-6-3-10-22(12-17)26-23-11-5-8-20(14-23)18(2)15-24-16-19-7-4-9-21(25)13-19;1-17-7-5-10-21(13-17)26-22-11-6-9-19(14-22)18(2)15-24-16-20-8-3-4-12-23(20)25/h5,7,9,11-15,21,23,25H,6,8,10,16-18H2,1-4H3;2*4,6,8,10-14,20,22,24-25H,5,7,9,15-17H2,1-3H3;3-4,6-7,9-10,12-13,18,20,23-25H,5,8,11,14-16H2,1-2H3;3-5,7-8,10,12-13,18-19,22,24-25H,6,9,11,14-16H2,1-2H3. The summed E-state index contributed by atoms with van der Waals surface area (Å²) in [6.45, 7) is 38.6. The minimum atomic E-state index is 0.330.